The minimum absolute atomic E-state index is 0.146. The first-order chi connectivity index (χ1) is 13.6. The van der Waals surface area contributed by atoms with Crippen LogP contribution in [0.15, 0.2) is 73.4 Å². The van der Waals surface area contributed by atoms with Gasteiger partial charge < -0.3 is 9.88 Å². The van der Waals surface area contributed by atoms with Crippen molar-refractivity contribution in [2.24, 2.45) is 0 Å². The number of carbonyl (C=O) groups excluding carboxylic acids is 1. The molecule has 0 aliphatic rings. The van der Waals surface area contributed by atoms with Crippen molar-refractivity contribution < 1.29 is 13.6 Å². The molecule has 0 aliphatic heterocycles. The number of aromatic nitrogens is 4. The van der Waals surface area contributed by atoms with Crippen LogP contribution in [0.4, 0.5) is 8.78 Å². The molecule has 0 radical (unpaired) electrons. The summed E-state index contributed by atoms with van der Waals surface area (Å²) in [6.07, 6.45) is 6.30. The Morgan fingerprint density at radius 2 is 1.96 bits per heavy atom. The Hall–Kier alpha value is -3.81. The number of nitrogens with one attached hydrogen (secondary N) is 1. The van der Waals surface area contributed by atoms with E-state index in [2.05, 4.69) is 15.4 Å². The highest BCUT2D eigenvalue weighted by Gasteiger charge is 2.11. The van der Waals surface area contributed by atoms with Crippen molar-refractivity contribution in [3.05, 3.63) is 96.3 Å². The summed E-state index contributed by atoms with van der Waals surface area (Å²) in [5, 5.41) is 6.85. The van der Waals surface area contributed by atoms with Crippen molar-refractivity contribution in [3.8, 4) is 11.4 Å². The zero-order valence-electron chi connectivity index (χ0n) is 14.6. The molecule has 140 valence electrons. The molecule has 8 heteroatoms. The fourth-order valence-electron chi connectivity index (χ4n) is 2.75. The average molecular weight is 379 g/mol. The van der Waals surface area contributed by atoms with Crippen LogP contribution >= 0.6 is 0 Å². The Morgan fingerprint density at radius 3 is 2.71 bits per heavy atom. The molecule has 0 bridgehead atoms. The molecule has 0 atom stereocenters. The van der Waals surface area contributed by atoms with E-state index in [0.29, 0.717) is 16.9 Å². The van der Waals surface area contributed by atoms with Crippen LogP contribution in [0.3, 0.4) is 0 Å². The minimum atomic E-state index is -0.417. The van der Waals surface area contributed by atoms with E-state index in [1.165, 1.54) is 35.3 Å². The van der Waals surface area contributed by atoms with Crippen LogP contribution in [0, 0.1) is 11.6 Å². The van der Waals surface area contributed by atoms with Crippen molar-refractivity contribution in [1.82, 2.24) is 24.6 Å². The number of benzene rings is 2. The minimum Gasteiger partial charge on any atom is -0.347 e. The summed E-state index contributed by atoms with van der Waals surface area (Å²) in [6.45, 7) is 0.146. The molecule has 2 heterocycles. The highest BCUT2D eigenvalue weighted by atomic mass is 19.1. The summed E-state index contributed by atoms with van der Waals surface area (Å²) >= 11 is 0. The summed E-state index contributed by atoms with van der Waals surface area (Å²) < 4.78 is 30.6. The third kappa shape index (κ3) is 3.66. The molecule has 4 aromatic rings. The first kappa shape index (κ1) is 17.6. The van der Waals surface area contributed by atoms with E-state index in [4.69, 9.17) is 0 Å². The van der Waals surface area contributed by atoms with Gasteiger partial charge in [-0.2, -0.15) is 5.10 Å². The summed E-state index contributed by atoms with van der Waals surface area (Å²) in [7, 11) is 0. The lowest BCUT2D eigenvalue weighted by atomic mass is 10.2. The van der Waals surface area contributed by atoms with Crippen molar-refractivity contribution in [2.75, 3.05) is 0 Å². The van der Waals surface area contributed by atoms with Gasteiger partial charge in [0.25, 0.3) is 5.91 Å². The Balaban J connectivity index is 1.43. The zero-order chi connectivity index (χ0) is 19.5. The molecular weight excluding hydrogens is 364 g/mol. The number of hydrogen-bond donors (Lipinski definition) is 1. The Bertz CT molecular complexity index is 1120. The van der Waals surface area contributed by atoms with Gasteiger partial charge in [0.15, 0.2) is 5.69 Å². The predicted molar refractivity (Wildman–Crippen MR) is 98.2 cm³/mol. The van der Waals surface area contributed by atoms with Gasteiger partial charge in [0.1, 0.15) is 11.6 Å². The maximum atomic E-state index is 14.3. The standard InChI is InChI=1S/C20H15F2N5O/c21-15-2-1-3-16(11-15)27-8-6-18(25-27)20(28)24-12-14-4-5-19(17(22)10-14)26-9-7-23-13-26/h1-11,13H,12H2,(H,24,28). The van der Waals surface area contributed by atoms with Crippen molar-refractivity contribution in [3.63, 3.8) is 0 Å². The van der Waals surface area contributed by atoms with Gasteiger partial charge in [-0.25, -0.2) is 18.4 Å². The second-order valence-corrected chi connectivity index (χ2v) is 6.06. The summed E-state index contributed by atoms with van der Waals surface area (Å²) in [5.41, 5.74) is 1.68. The van der Waals surface area contributed by atoms with Crippen molar-refractivity contribution >= 4 is 5.91 Å². The van der Waals surface area contributed by atoms with Crippen molar-refractivity contribution in [2.45, 2.75) is 6.54 Å². The monoisotopic (exact) mass is 379 g/mol. The van der Waals surface area contributed by atoms with Gasteiger partial charge in [-0.05, 0) is 42.0 Å². The molecular formula is C20H15F2N5O. The van der Waals surface area contributed by atoms with Crippen molar-refractivity contribution in [1.29, 1.82) is 0 Å². The summed E-state index contributed by atoms with van der Waals surface area (Å²) in [5.74, 6) is -1.21. The number of nitrogens with zero attached hydrogens (tertiary/aromatic N) is 4. The van der Waals surface area contributed by atoms with Gasteiger partial charge in [0.05, 0.1) is 17.7 Å². The van der Waals surface area contributed by atoms with Crippen LogP contribution < -0.4 is 5.32 Å². The van der Waals surface area contributed by atoms with E-state index >= 15 is 0 Å². The molecule has 2 aromatic carbocycles. The van der Waals surface area contributed by atoms with Crippen LogP contribution in [0.5, 0.6) is 0 Å². The molecule has 0 spiro atoms. The Labute approximate surface area is 159 Å². The molecule has 1 amide bonds. The predicted octanol–water partition coefficient (Wildman–Crippen LogP) is 3.27. The lowest BCUT2D eigenvalue weighted by Crippen LogP contribution is -2.23. The smallest absolute Gasteiger partial charge is 0.272 e. The van der Waals surface area contributed by atoms with E-state index in [0.717, 1.165) is 0 Å². The van der Waals surface area contributed by atoms with Gasteiger partial charge >= 0.3 is 0 Å². The highest BCUT2D eigenvalue weighted by molar-refractivity contribution is 5.92. The average Bonchev–Trinajstić information content (AvgIpc) is 3.38. The van der Waals surface area contributed by atoms with Crippen LogP contribution in [-0.2, 0) is 6.54 Å². The topological polar surface area (TPSA) is 64.7 Å². The van der Waals surface area contributed by atoms with Gasteiger partial charge in [-0.3, -0.25) is 4.79 Å². The quantitative estimate of drug-likeness (QED) is 0.579. The lowest BCUT2D eigenvalue weighted by molar-refractivity contribution is 0.0945. The number of hydrogen-bond acceptors (Lipinski definition) is 3. The van der Waals surface area contributed by atoms with Gasteiger partial charge in [-0.15, -0.1) is 0 Å². The number of carbonyl (C=O) groups is 1. The van der Waals surface area contributed by atoms with Gasteiger partial charge in [-0.1, -0.05) is 12.1 Å². The molecule has 0 aliphatic carbocycles. The van der Waals surface area contributed by atoms with E-state index in [-0.39, 0.29) is 18.1 Å². The maximum absolute atomic E-state index is 14.3. The summed E-state index contributed by atoms with van der Waals surface area (Å²) in [4.78, 5) is 16.2. The van der Waals surface area contributed by atoms with Crippen LogP contribution in [0.2, 0.25) is 0 Å². The van der Waals surface area contributed by atoms with Crippen LogP contribution in [0.1, 0.15) is 16.1 Å². The Morgan fingerprint density at radius 1 is 1.07 bits per heavy atom. The lowest BCUT2D eigenvalue weighted by Gasteiger charge is -2.08. The molecule has 0 saturated carbocycles. The van der Waals surface area contributed by atoms with Gasteiger partial charge in [0.2, 0.25) is 0 Å². The third-order valence-electron chi connectivity index (χ3n) is 4.14. The largest absolute Gasteiger partial charge is 0.347 e. The molecule has 6 nitrogen and oxygen atoms in total. The number of halogens is 2. The second-order valence-electron chi connectivity index (χ2n) is 6.06. The Kier molecular flexibility index (Phi) is 4.67. The van der Waals surface area contributed by atoms with Gasteiger partial charge in [0, 0.05) is 25.1 Å². The molecule has 0 unspecified atom stereocenters. The molecule has 2 aromatic heterocycles. The summed E-state index contributed by atoms with van der Waals surface area (Å²) in [6, 6.07) is 12.1. The first-order valence-corrected chi connectivity index (χ1v) is 8.47. The molecule has 4 rings (SSSR count). The second kappa shape index (κ2) is 7.43. The maximum Gasteiger partial charge on any atom is 0.272 e. The number of rotatable bonds is 5. The molecule has 0 fully saturated rings. The number of imidazole rings is 1. The molecule has 0 saturated heterocycles. The number of amides is 1. The van der Waals surface area contributed by atoms with E-state index in [1.54, 1.807) is 47.4 Å². The van der Waals surface area contributed by atoms with E-state index in [1.807, 2.05) is 0 Å². The fourth-order valence-corrected chi connectivity index (χ4v) is 2.75. The van der Waals surface area contributed by atoms with E-state index in [9.17, 15) is 13.6 Å². The van der Waals surface area contributed by atoms with Crippen LogP contribution in [0.25, 0.3) is 11.4 Å². The fraction of sp³-hybridized carbons (Fsp3) is 0.0500. The zero-order valence-corrected chi connectivity index (χ0v) is 14.6. The molecule has 1 N–H and O–H groups in total. The SMILES string of the molecule is O=C(NCc1ccc(-n2ccnc2)c(F)c1)c1ccn(-c2cccc(F)c2)n1. The highest BCUT2D eigenvalue weighted by Crippen LogP contribution is 2.15. The normalized spacial score (nSPS) is 10.8. The molecule has 28 heavy (non-hydrogen) atoms. The van der Waals surface area contributed by atoms with Crippen LogP contribution in [-0.4, -0.2) is 25.2 Å². The van der Waals surface area contributed by atoms with E-state index < -0.39 is 11.7 Å². The first-order valence-electron chi connectivity index (χ1n) is 8.47. The third-order valence-corrected chi connectivity index (χ3v) is 4.14.